The summed E-state index contributed by atoms with van der Waals surface area (Å²) in [6.45, 7) is 1.49. The van der Waals surface area contributed by atoms with Crippen LogP contribution in [-0.4, -0.2) is 50.3 Å². The van der Waals surface area contributed by atoms with Gasteiger partial charge in [0.2, 0.25) is 5.91 Å². The first kappa shape index (κ1) is 24.4. The first-order valence-corrected chi connectivity index (χ1v) is 11.7. The van der Waals surface area contributed by atoms with Gasteiger partial charge in [0.1, 0.15) is 0 Å². The lowest BCUT2D eigenvalue weighted by Crippen LogP contribution is -2.43. The fourth-order valence-corrected chi connectivity index (χ4v) is 4.63. The van der Waals surface area contributed by atoms with Gasteiger partial charge in [0, 0.05) is 19.1 Å². The minimum Gasteiger partial charge on any atom is -0.504 e. The summed E-state index contributed by atoms with van der Waals surface area (Å²) < 4.78 is 16.3. The van der Waals surface area contributed by atoms with Crippen LogP contribution in [0.25, 0.3) is 0 Å². The highest BCUT2D eigenvalue weighted by Crippen LogP contribution is 2.40. The van der Waals surface area contributed by atoms with Crippen molar-refractivity contribution in [3.63, 3.8) is 0 Å². The van der Waals surface area contributed by atoms with Gasteiger partial charge in [-0.2, -0.15) is 0 Å². The number of nitrogens with zero attached hydrogens (tertiary/aromatic N) is 1. The number of methoxy groups -OCH3 is 3. The molecule has 4 rings (SSSR count). The van der Waals surface area contributed by atoms with Crippen molar-refractivity contribution in [1.29, 1.82) is 0 Å². The lowest BCUT2D eigenvalue weighted by molar-refractivity contribution is -0.123. The Morgan fingerprint density at radius 2 is 1.66 bits per heavy atom. The van der Waals surface area contributed by atoms with Crippen molar-refractivity contribution in [3.05, 3.63) is 82.9 Å². The molecule has 1 unspecified atom stereocenters. The molecule has 7 nitrogen and oxygen atoms in total. The maximum Gasteiger partial charge on any atom is 0.234 e. The maximum absolute atomic E-state index is 12.9. The van der Waals surface area contributed by atoms with E-state index < -0.39 is 0 Å². The molecule has 35 heavy (non-hydrogen) atoms. The second kappa shape index (κ2) is 11.1. The van der Waals surface area contributed by atoms with E-state index in [1.54, 1.807) is 26.4 Å². The number of phenolic OH excluding ortho intramolecular Hbond substituents is 1. The molecule has 0 fully saturated rings. The molecule has 0 saturated heterocycles. The molecule has 184 valence electrons. The molecule has 0 radical (unpaired) electrons. The Morgan fingerprint density at radius 3 is 2.34 bits per heavy atom. The van der Waals surface area contributed by atoms with Gasteiger partial charge in [-0.25, -0.2) is 0 Å². The molecule has 2 N–H and O–H groups in total. The van der Waals surface area contributed by atoms with Crippen molar-refractivity contribution in [3.8, 4) is 23.0 Å². The van der Waals surface area contributed by atoms with E-state index in [2.05, 4.69) is 10.2 Å². The SMILES string of the molecule is COc1ccc(CC2c3cc(OC)c(OC)cc3CCN2CC(=O)NCc2ccccc2)cc1O. The highest BCUT2D eigenvalue weighted by Gasteiger charge is 2.30. The number of nitrogens with one attached hydrogen (secondary N) is 1. The Labute approximate surface area is 206 Å². The molecule has 0 spiro atoms. The average Bonchev–Trinajstić information content (AvgIpc) is 2.88. The predicted octanol–water partition coefficient (Wildman–Crippen LogP) is 3.88. The first-order valence-electron chi connectivity index (χ1n) is 11.7. The molecule has 0 aromatic heterocycles. The zero-order valence-corrected chi connectivity index (χ0v) is 20.4. The van der Waals surface area contributed by atoms with E-state index in [4.69, 9.17) is 14.2 Å². The lowest BCUT2D eigenvalue weighted by atomic mass is 9.88. The molecule has 1 amide bonds. The number of phenols is 1. The first-order chi connectivity index (χ1) is 17.0. The van der Waals surface area contributed by atoms with E-state index in [1.807, 2.05) is 48.5 Å². The van der Waals surface area contributed by atoms with E-state index in [9.17, 15) is 9.90 Å². The van der Waals surface area contributed by atoms with Gasteiger partial charge < -0.3 is 24.6 Å². The number of amides is 1. The van der Waals surface area contributed by atoms with Gasteiger partial charge in [0.25, 0.3) is 0 Å². The van der Waals surface area contributed by atoms with Crippen LogP contribution in [0.4, 0.5) is 0 Å². The monoisotopic (exact) mass is 476 g/mol. The minimum absolute atomic E-state index is 0.0274. The number of hydrogen-bond acceptors (Lipinski definition) is 6. The lowest BCUT2D eigenvalue weighted by Gasteiger charge is -2.37. The molecule has 0 saturated carbocycles. The number of carbonyl (C=O) groups excluding carboxylic acids is 1. The standard InChI is InChI=1S/C28H32N2O5/c1-33-25-10-9-20(14-24(25)31)13-23-22-16-27(35-3)26(34-2)15-21(22)11-12-30(23)18-28(32)29-17-19-7-5-4-6-8-19/h4-10,14-16,23,31H,11-13,17-18H2,1-3H3,(H,29,32). The van der Waals surface area contributed by atoms with E-state index >= 15 is 0 Å². The van der Waals surface area contributed by atoms with Crippen LogP contribution in [0.1, 0.15) is 28.3 Å². The zero-order chi connectivity index (χ0) is 24.8. The third kappa shape index (κ3) is 5.69. The minimum atomic E-state index is -0.0752. The quantitative estimate of drug-likeness (QED) is 0.488. The fraction of sp³-hybridized carbons (Fsp3) is 0.321. The van der Waals surface area contributed by atoms with Crippen molar-refractivity contribution in [2.45, 2.75) is 25.4 Å². The molecule has 0 aliphatic carbocycles. The highest BCUT2D eigenvalue weighted by molar-refractivity contribution is 5.78. The Kier molecular flexibility index (Phi) is 7.77. The van der Waals surface area contributed by atoms with Crippen LogP contribution in [0.2, 0.25) is 0 Å². The molecular weight excluding hydrogens is 444 g/mol. The van der Waals surface area contributed by atoms with E-state index in [1.165, 1.54) is 12.7 Å². The van der Waals surface area contributed by atoms with Crippen LogP contribution in [0.3, 0.4) is 0 Å². The number of carbonyl (C=O) groups is 1. The summed E-state index contributed by atoms with van der Waals surface area (Å²) in [4.78, 5) is 15.1. The van der Waals surface area contributed by atoms with Crippen molar-refractivity contribution in [2.24, 2.45) is 0 Å². The summed E-state index contributed by atoms with van der Waals surface area (Å²) >= 11 is 0. The van der Waals surface area contributed by atoms with Gasteiger partial charge >= 0.3 is 0 Å². The number of fused-ring (bicyclic) bond motifs is 1. The second-order valence-electron chi connectivity index (χ2n) is 8.61. The molecular formula is C28H32N2O5. The molecule has 0 bridgehead atoms. The third-order valence-corrected chi connectivity index (χ3v) is 6.47. The molecule has 1 heterocycles. The Balaban J connectivity index is 1.59. The van der Waals surface area contributed by atoms with Gasteiger partial charge in [-0.05, 0) is 59.4 Å². The van der Waals surface area contributed by atoms with Gasteiger partial charge in [0.15, 0.2) is 23.0 Å². The summed E-state index contributed by atoms with van der Waals surface area (Å²) in [6, 6.07) is 19.3. The third-order valence-electron chi connectivity index (χ3n) is 6.47. The Hall–Kier alpha value is -3.71. The second-order valence-corrected chi connectivity index (χ2v) is 8.61. The summed E-state index contributed by atoms with van der Waals surface area (Å²) in [6.07, 6.45) is 1.41. The summed E-state index contributed by atoms with van der Waals surface area (Å²) in [5, 5.41) is 13.4. The average molecular weight is 477 g/mol. The Bertz CT molecular complexity index is 1170. The van der Waals surface area contributed by atoms with E-state index in [0.29, 0.717) is 30.2 Å². The molecule has 1 aliphatic rings. The van der Waals surface area contributed by atoms with Gasteiger partial charge in [-0.15, -0.1) is 0 Å². The zero-order valence-electron chi connectivity index (χ0n) is 20.4. The molecule has 3 aromatic carbocycles. The fourth-order valence-electron chi connectivity index (χ4n) is 4.63. The van der Waals surface area contributed by atoms with Crippen LogP contribution in [0.5, 0.6) is 23.0 Å². The van der Waals surface area contributed by atoms with Crippen molar-refractivity contribution in [1.82, 2.24) is 10.2 Å². The van der Waals surface area contributed by atoms with Crippen LogP contribution in [0, 0.1) is 0 Å². The largest absolute Gasteiger partial charge is 0.504 e. The van der Waals surface area contributed by atoms with E-state index in [-0.39, 0.29) is 24.2 Å². The smallest absolute Gasteiger partial charge is 0.234 e. The highest BCUT2D eigenvalue weighted by atomic mass is 16.5. The van der Waals surface area contributed by atoms with E-state index in [0.717, 1.165) is 29.7 Å². The number of benzene rings is 3. The van der Waals surface area contributed by atoms with Crippen LogP contribution >= 0.6 is 0 Å². The molecule has 1 atom stereocenters. The molecule has 1 aliphatic heterocycles. The Morgan fingerprint density at radius 1 is 0.943 bits per heavy atom. The van der Waals surface area contributed by atoms with Gasteiger partial charge in [-0.3, -0.25) is 9.69 Å². The molecule has 3 aromatic rings. The van der Waals surface area contributed by atoms with Crippen LogP contribution in [0.15, 0.2) is 60.7 Å². The number of ether oxygens (including phenoxy) is 3. The van der Waals surface area contributed by atoms with Gasteiger partial charge in [-0.1, -0.05) is 36.4 Å². The van der Waals surface area contributed by atoms with Crippen molar-refractivity contribution >= 4 is 5.91 Å². The summed E-state index contributed by atoms with van der Waals surface area (Å²) in [7, 11) is 4.79. The molecule has 7 heteroatoms. The van der Waals surface area contributed by atoms with Crippen molar-refractivity contribution in [2.75, 3.05) is 34.4 Å². The summed E-state index contributed by atoms with van der Waals surface area (Å²) in [5.74, 6) is 1.85. The van der Waals surface area contributed by atoms with Crippen LogP contribution in [-0.2, 0) is 24.2 Å². The van der Waals surface area contributed by atoms with Gasteiger partial charge in [0.05, 0.1) is 27.9 Å². The summed E-state index contributed by atoms with van der Waals surface area (Å²) in [5.41, 5.74) is 4.28. The normalized spacial score (nSPS) is 15.2. The maximum atomic E-state index is 12.9. The number of aromatic hydroxyl groups is 1. The number of hydrogen-bond donors (Lipinski definition) is 2. The number of rotatable bonds is 9. The predicted molar refractivity (Wildman–Crippen MR) is 134 cm³/mol. The van der Waals surface area contributed by atoms with Crippen molar-refractivity contribution < 1.29 is 24.1 Å². The topological polar surface area (TPSA) is 80.3 Å². The van der Waals surface area contributed by atoms with Crippen LogP contribution < -0.4 is 19.5 Å².